The van der Waals surface area contributed by atoms with Gasteiger partial charge < -0.3 is 4.74 Å². The smallest absolute Gasteiger partial charge is 0.316 e. The van der Waals surface area contributed by atoms with Gasteiger partial charge >= 0.3 is 5.97 Å². The number of rotatable bonds is 4. The minimum Gasteiger partial charge on any atom is -0.422 e. The van der Waals surface area contributed by atoms with Crippen molar-refractivity contribution in [3.8, 4) is 6.07 Å². The summed E-state index contributed by atoms with van der Waals surface area (Å²) in [5.74, 6) is -0.147. The highest BCUT2D eigenvalue weighted by molar-refractivity contribution is 5.97. The Morgan fingerprint density at radius 3 is 2.17 bits per heavy atom. The average Bonchev–Trinajstić information content (AvgIpc) is 3.00. The number of benzene rings is 1. The molecule has 1 aromatic heterocycles. The molecule has 5 heteroatoms. The van der Waals surface area contributed by atoms with E-state index < -0.39 is 11.4 Å². The van der Waals surface area contributed by atoms with Gasteiger partial charge in [-0.25, -0.2) is 0 Å². The van der Waals surface area contributed by atoms with Crippen molar-refractivity contribution in [1.82, 2.24) is 9.78 Å². The van der Waals surface area contributed by atoms with Crippen LogP contribution in [0.2, 0.25) is 0 Å². The highest BCUT2D eigenvalue weighted by Crippen LogP contribution is 2.32. The first-order valence-corrected chi connectivity index (χ1v) is 9.91. The average molecular weight is 394 g/mol. The van der Waals surface area contributed by atoms with Gasteiger partial charge in [0.05, 0.1) is 11.1 Å². The molecule has 0 amide bonds. The highest BCUT2D eigenvalue weighted by atomic mass is 16.5. The zero-order valence-corrected chi connectivity index (χ0v) is 18.8. The molecule has 0 unspecified atom stereocenters. The second-order valence-corrected chi connectivity index (χ2v) is 9.27. The minimum atomic E-state index is -0.700. The van der Waals surface area contributed by atoms with Gasteiger partial charge in [0.1, 0.15) is 17.3 Å². The molecule has 0 saturated carbocycles. The third-order valence-electron chi connectivity index (χ3n) is 4.62. The summed E-state index contributed by atoms with van der Waals surface area (Å²) in [6.45, 7) is 16.2. The van der Waals surface area contributed by atoms with Crippen LogP contribution in [-0.4, -0.2) is 15.7 Å². The van der Waals surface area contributed by atoms with E-state index in [0.717, 1.165) is 5.69 Å². The fraction of sp³-hybridized carbons (Fsp3) is 0.458. The predicted octanol–water partition coefficient (Wildman–Crippen LogP) is 5.49. The SMILES string of the molecule is CCn1nc(C)cc1C(OC(=O)C(C)(C)C)=C(C#N)c1ccc(C(C)(C)C)cc1. The molecular weight excluding hydrogens is 362 g/mol. The summed E-state index contributed by atoms with van der Waals surface area (Å²) >= 11 is 0. The van der Waals surface area contributed by atoms with Gasteiger partial charge in [0, 0.05) is 6.54 Å². The maximum atomic E-state index is 12.7. The van der Waals surface area contributed by atoms with E-state index in [1.807, 2.05) is 44.2 Å². The number of aromatic nitrogens is 2. The Labute approximate surface area is 174 Å². The van der Waals surface area contributed by atoms with Gasteiger partial charge in [0.2, 0.25) is 0 Å². The summed E-state index contributed by atoms with van der Waals surface area (Å²) in [4.78, 5) is 12.7. The fourth-order valence-electron chi connectivity index (χ4n) is 2.83. The number of esters is 1. The van der Waals surface area contributed by atoms with Crippen molar-refractivity contribution in [1.29, 1.82) is 5.26 Å². The van der Waals surface area contributed by atoms with Gasteiger partial charge in [0.15, 0.2) is 5.76 Å². The first-order chi connectivity index (χ1) is 13.4. The molecule has 1 aromatic carbocycles. The minimum absolute atomic E-state index is 0.00846. The van der Waals surface area contributed by atoms with E-state index in [2.05, 4.69) is 31.9 Å². The number of nitrogens with zero attached hydrogens (tertiary/aromatic N) is 3. The number of carbonyl (C=O) groups excluding carboxylic acids is 1. The number of nitriles is 1. The molecule has 0 N–H and O–H groups in total. The molecule has 0 saturated heterocycles. The van der Waals surface area contributed by atoms with Crippen LogP contribution in [0.1, 0.15) is 71.0 Å². The normalized spacial score (nSPS) is 12.9. The Morgan fingerprint density at radius 1 is 1.14 bits per heavy atom. The van der Waals surface area contributed by atoms with Gasteiger partial charge in [-0.3, -0.25) is 9.48 Å². The second-order valence-electron chi connectivity index (χ2n) is 9.27. The Balaban J connectivity index is 2.70. The first-order valence-electron chi connectivity index (χ1n) is 9.91. The molecule has 0 aliphatic carbocycles. The molecule has 0 fully saturated rings. The van der Waals surface area contributed by atoms with E-state index in [-0.39, 0.29) is 11.2 Å². The first kappa shape index (κ1) is 22.4. The molecule has 0 bridgehead atoms. The van der Waals surface area contributed by atoms with Gasteiger partial charge in [-0.2, -0.15) is 10.4 Å². The third-order valence-corrected chi connectivity index (χ3v) is 4.62. The molecule has 154 valence electrons. The van der Waals surface area contributed by atoms with E-state index >= 15 is 0 Å². The summed E-state index contributed by atoms with van der Waals surface area (Å²) in [7, 11) is 0. The molecule has 2 aromatic rings. The summed E-state index contributed by atoms with van der Waals surface area (Å²) < 4.78 is 7.57. The molecule has 0 aliphatic rings. The Hall–Kier alpha value is -2.87. The topological polar surface area (TPSA) is 67.9 Å². The van der Waals surface area contributed by atoms with Crippen LogP contribution in [-0.2, 0) is 21.5 Å². The van der Waals surface area contributed by atoms with Crippen LogP contribution >= 0.6 is 0 Å². The van der Waals surface area contributed by atoms with Crippen molar-refractivity contribution in [2.45, 2.75) is 67.3 Å². The number of ether oxygens (including phenoxy) is 1. The summed E-state index contributed by atoms with van der Waals surface area (Å²) in [5.41, 5.74) is 2.92. The lowest BCUT2D eigenvalue weighted by Crippen LogP contribution is -2.23. The van der Waals surface area contributed by atoms with Crippen LogP contribution in [0.5, 0.6) is 0 Å². The van der Waals surface area contributed by atoms with Gasteiger partial charge in [-0.05, 0) is 57.2 Å². The van der Waals surface area contributed by atoms with Crippen molar-refractivity contribution in [3.63, 3.8) is 0 Å². The van der Waals surface area contributed by atoms with Gasteiger partial charge in [-0.15, -0.1) is 0 Å². The molecule has 29 heavy (non-hydrogen) atoms. The van der Waals surface area contributed by atoms with Crippen LogP contribution in [0.15, 0.2) is 30.3 Å². The van der Waals surface area contributed by atoms with Crippen molar-refractivity contribution in [2.24, 2.45) is 5.41 Å². The molecule has 5 nitrogen and oxygen atoms in total. The van der Waals surface area contributed by atoms with Crippen LogP contribution in [0.4, 0.5) is 0 Å². The lowest BCUT2D eigenvalue weighted by atomic mass is 9.86. The largest absolute Gasteiger partial charge is 0.422 e. The third kappa shape index (κ3) is 5.14. The van der Waals surface area contributed by atoms with E-state index in [1.54, 1.807) is 25.5 Å². The zero-order chi connectivity index (χ0) is 22.0. The monoisotopic (exact) mass is 393 g/mol. The lowest BCUT2D eigenvalue weighted by molar-refractivity contribution is -0.145. The van der Waals surface area contributed by atoms with E-state index in [4.69, 9.17) is 4.74 Å². The number of carbonyl (C=O) groups is 1. The van der Waals surface area contributed by atoms with Gasteiger partial charge in [-0.1, -0.05) is 45.0 Å². The number of aryl methyl sites for hydroxylation is 2. The second kappa shape index (κ2) is 8.24. The van der Waals surface area contributed by atoms with Crippen LogP contribution in [0.25, 0.3) is 11.3 Å². The number of allylic oxidation sites excluding steroid dienone is 1. The van der Waals surface area contributed by atoms with Crippen LogP contribution in [0, 0.1) is 23.7 Å². The molecule has 0 aliphatic heterocycles. The standard InChI is InChI=1S/C24H31N3O2/c1-9-27-20(14-16(2)26-27)21(29-22(28)24(6,7)8)19(15-25)17-10-12-18(13-11-17)23(3,4)5/h10-14H,9H2,1-8H3. The summed E-state index contributed by atoms with van der Waals surface area (Å²) in [6.07, 6.45) is 0. The molecule has 0 spiro atoms. The predicted molar refractivity (Wildman–Crippen MR) is 116 cm³/mol. The Kier molecular flexibility index (Phi) is 6.37. The molecular formula is C24H31N3O2. The number of hydrogen-bond donors (Lipinski definition) is 0. The molecule has 0 radical (unpaired) electrons. The van der Waals surface area contributed by atoms with E-state index in [9.17, 15) is 10.1 Å². The van der Waals surface area contributed by atoms with Gasteiger partial charge in [0.25, 0.3) is 0 Å². The summed E-state index contributed by atoms with van der Waals surface area (Å²) in [6, 6.07) is 11.9. The summed E-state index contributed by atoms with van der Waals surface area (Å²) in [5, 5.41) is 14.5. The van der Waals surface area contributed by atoms with E-state index in [1.165, 1.54) is 5.56 Å². The molecule has 1 heterocycles. The van der Waals surface area contributed by atoms with Crippen LogP contribution in [0.3, 0.4) is 0 Å². The maximum absolute atomic E-state index is 12.7. The van der Waals surface area contributed by atoms with Crippen LogP contribution < -0.4 is 0 Å². The highest BCUT2D eigenvalue weighted by Gasteiger charge is 2.28. The van der Waals surface area contributed by atoms with Crippen molar-refractivity contribution >= 4 is 17.3 Å². The molecule has 0 atom stereocenters. The number of hydrogen-bond acceptors (Lipinski definition) is 4. The molecule has 2 rings (SSSR count). The van der Waals surface area contributed by atoms with E-state index in [0.29, 0.717) is 23.4 Å². The maximum Gasteiger partial charge on any atom is 0.316 e. The van der Waals surface area contributed by atoms with Crippen molar-refractivity contribution < 1.29 is 9.53 Å². The zero-order valence-electron chi connectivity index (χ0n) is 18.8. The van der Waals surface area contributed by atoms with Crippen molar-refractivity contribution in [3.05, 3.63) is 52.8 Å². The van der Waals surface area contributed by atoms with Crippen molar-refractivity contribution in [2.75, 3.05) is 0 Å². The Morgan fingerprint density at radius 2 is 1.72 bits per heavy atom. The fourth-order valence-corrected chi connectivity index (χ4v) is 2.83. The Bertz CT molecular complexity index is 960. The lowest BCUT2D eigenvalue weighted by Gasteiger charge is -2.21. The quantitative estimate of drug-likeness (QED) is 0.391.